The van der Waals surface area contributed by atoms with Crippen LogP contribution in [0.1, 0.15) is 284 Å². The van der Waals surface area contributed by atoms with E-state index < -0.39 is 49.5 Å². The van der Waals surface area contributed by atoms with Gasteiger partial charge in [0, 0.05) is 6.42 Å². The molecule has 1 heterocycles. The Hall–Kier alpha value is -2.63. The predicted octanol–water partition coefficient (Wildman–Crippen LogP) is 17.0. The molecule has 7 unspecified atom stereocenters. The second kappa shape index (κ2) is 56.6. The molecule has 6 N–H and O–H groups in total. The molecule has 1 saturated heterocycles. The van der Waals surface area contributed by atoms with Crippen molar-refractivity contribution >= 4 is 5.91 Å². The molecule has 9 nitrogen and oxygen atoms in total. The summed E-state index contributed by atoms with van der Waals surface area (Å²) in [5, 5.41) is 54.6. The first kappa shape index (κ1) is 72.4. The molecule has 1 amide bonds. The van der Waals surface area contributed by atoms with Crippen LogP contribution in [0, 0.1) is 0 Å². The maximum absolute atomic E-state index is 13.1. The SMILES string of the molecule is CC/C=C\C/C=C\C/C=C\C/C=C\CCCCCCCCCCCCC(=O)NC(COC1OC(CO)C(O)C(O)C1O)C(O)/C=C/CC/C=C/CC/C=C/CCCCCCCCCCCCCCCCCCCCCCC. The number of nitrogens with one attached hydrogen (secondary N) is 1. The lowest BCUT2D eigenvalue weighted by molar-refractivity contribution is -0.302. The molecule has 1 aliphatic rings. The van der Waals surface area contributed by atoms with E-state index in [0.717, 1.165) is 83.5 Å². The van der Waals surface area contributed by atoms with E-state index in [2.05, 4.69) is 92.1 Å². The number of hydrogen-bond acceptors (Lipinski definition) is 8. The molecule has 0 spiro atoms. The molecule has 1 aliphatic heterocycles. The molecule has 0 aliphatic carbocycles. The van der Waals surface area contributed by atoms with Crippen LogP contribution >= 0.6 is 0 Å². The normalized spacial score (nSPS) is 19.3. The largest absolute Gasteiger partial charge is 0.394 e. The Kier molecular flexibility index (Phi) is 53.2. The lowest BCUT2D eigenvalue weighted by Crippen LogP contribution is -2.60. The van der Waals surface area contributed by atoms with E-state index in [1.807, 2.05) is 6.08 Å². The quantitative estimate of drug-likeness (QED) is 0.0261. The van der Waals surface area contributed by atoms with Crippen molar-refractivity contribution in [1.29, 1.82) is 0 Å². The highest BCUT2D eigenvalue weighted by Gasteiger charge is 2.44. The van der Waals surface area contributed by atoms with Gasteiger partial charge in [0.15, 0.2) is 6.29 Å². The van der Waals surface area contributed by atoms with Gasteiger partial charge in [0.2, 0.25) is 5.91 Å². The molecule has 0 bridgehead atoms. The summed E-state index contributed by atoms with van der Waals surface area (Å²) in [4.78, 5) is 13.1. The fourth-order valence-corrected chi connectivity index (χ4v) is 9.89. The van der Waals surface area contributed by atoms with Gasteiger partial charge in [0.05, 0.1) is 25.4 Å². The van der Waals surface area contributed by atoms with E-state index in [9.17, 15) is 30.3 Å². The number of carbonyl (C=O) groups is 1. The molecule has 7 atom stereocenters. The zero-order valence-corrected chi connectivity index (χ0v) is 49.7. The van der Waals surface area contributed by atoms with Gasteiger partial charge in [-0.3, -0.25) is 4.79 Å². The number of aliphatic hydroxyl groups excluding tert-OH is 5. The van der Waals surface area contributed by atoms with Crippen molar-refractivity contribution in [2.24, 2.45) is 0 Å². The van der Waals surface area contributed by atoms with E-state index in [4.69, 9.17) is 9.47 Å². The minimum atomic E-state index is -1.58. The van der Waals surface area contributed by atoms with Crippen molar-refractivity contribution in [3.05, 3.63) is 85.1 Å². The number of carbonyl (C=O) groups excluding carboxylic acids is 1. The van der Waals surface area contributed by atoms with Crippen molar-refractivity contribution < 1.29 is 39.8 Å². The summed E-state index contributed by atoms with van der Waals surface area (Å²) in [6.07, 6.45) is 73.9. The summed E-state index contributed by atoms with van der Waals surface area (Å²) < 4.78 is 11.3. The van der Waals surface area contributed by atoms with Crippen LogP contribution in [0.5, 0.6) is 0 Å². The maximum atomic E-state index is 13.1. The standard InChI is InChI=1S/C68H121NO8/c1-3-5-7-9-11-13-15-17-19-21-23-25-27-28-29-30-31-32-33-34-36-37-39-41-43-45-47-49-51-53-55-57-62(71)61(60-76-68-67(75)66(74)65(73)63(59-70)77-68)69-64(72)58-56-54-52-50-48-46-44-42-40-38-35-26-24-22-20-18-16-14-12-10-8-6-4-2/h6,8,12,14,18,20,24,26,39,41,47,49,55,57,61-63,65-68,70-71,73-75H,3-5,7,9-11,13,15-17,19,21-23,25,27-38,40,42-46,48,50-54,56,58-60H2,1-2H3,(H,69,72)/b8-6-,14-12-,20-18-,26-24-,41-39+,49-47+,57-55+. The summed E-state index contributed by atoms with van der Waals surface area (Å²) in [6, 6.07) is -0.837. The highest BCUT2D eigenvalue weighted by Crippen LogP contribution is 2.23. The van der Waals surface area contributed by atoms with E-state index in [0.29, 0.717) is 6.42 Å². The molecule has 1 fully saturated rings. The topological polar surface area (TPSA) is 149 Å². The van der Waals surface area contributed by atoms with E-state index in [1.54, 1.807) is 6.08 Å². The first-order valence-corrected chi connectivity index (χ1v) is 32.3. The number of unbranched alkanes of at least 4 members (excludes halogenated alkanes) is 33. The zero-order valence-electron chi connectivity index (χ0n) is 49.7. The molecule has 77 heavy (non-hydrogen) atoms. The highest BCUT2D eigenvalue weighted by atomic mass is 16.7. The number of amides is 1. The molecular formula is C68H121NO8. The van der Waals surface area contributed by atoms with Gasteiger partial charge in [-0.15, -0.1) is 0 Å². The summed E-state index contributed by atoms with van der Waals surface area (Å²) >= 11 is 0. The fraction of sp³-hybridized carbons (Fsp3) is 0.779. The van der Waals surface area contributed by atoms with Crippen molar-refractivity contribution in [2.75, 3.05) is 13.2 Å². The van der Waals surface area contributed by atoms with Gasteiger partial charge >= 0.3 is 0 Å². The summed E-state index contributed by atoms with van der Waals surface area (Å²) in [5.41, 5.74) is 0. The maximum Gasteiger partial charge on any atom is 0.220 e. The fourth-order valence-electron chi connectivity index (χ4n) is 9.89. The van der Waals surface area contributed by atoms with E-state index >= 15 is 0 Å². The molecular weight excluding hydrogens is 959 g/mol. The molecule has 1 rings (SSSR count). The van der Waals surface area contributed by atoms with Crippen molar-refractivity contribution in [1.82, 2.24) is 5.32 Å². The minimum Gasteiger partial charge on any atom is -0.394 e. The molecule has 0 radical (unpaired) electrons. The Morgan fingerprint density at radius 3 is 1.25 bits per heavy atom. The van der Waals surface area contributed by atoms with Crippen molar-refractivity contribution in [3.8, 4) is 0 Å². The predicted molar refractivity (Wildman–Crippen MR) is 327 cm³/mol. The van der Waals surface area contributed by atoms with Crippen LogP contribution in [0.4, 0.5) is 0 Å². The summed E-state index contributed by atoms with van der Waals surface area (Å²) in [7, 11) is 0. The Morgan fingerprint density at radius 2 is 0.818 bits per heavy atom. The second-order valence-electron chi connectivity index (χ2n) is 22.2. The third kappa shape index (κ3) is 45.8. The summed E-state index contributed by atoms with van der Waals surface area (Å²) in [6.45, 7) is 3.67. The Morgan fingerprint density at radius 1 is 0.455 bits per heavy atom. The molecule has 446 valence electrons. The van der Waals surface area contributed by atoms with Gasteiger partial charge in [-0.25, -0.2) is 0 Å². The number of aliphatic hydroxyl groups is 5. The average Bonchev–Trinajstić information content (AvgIpc) is 3.43. The van der Waals surface area contributed by atoms with E-state index in [1.165, 1.54) is 180 Å². The highest BCUT2D eigenvalue weighted by molar-refractivity contribution is 5.76. The van der Waals surface area contributed by atoms with Gasteiger partial charge in [0.1, 0.15) is 24.4 Å². The van der Waals surface area contributed by atoms with Crippen LogP contribution in [0.25, 0.3) is 0 Å². The van der Waals surface area contributed by atoms with Gasteiger partial charge < -0.3 is 40.3 Å². The Bertz CT molecular complexity index is 1490. The summed E-state index contributed by atoms with van der Waals surface area (Å²) in [5.74, 6) is -0.196. The number of hydrogen-bond donors (Lipinski definition) is 6. The molecule has 0 aromatic heterocycles. The van der Waals surface area contributed by atoms with Crippen molar-refractivity contribution in [3.63, 3.8) is 0 Å². The Balaban J connectivity index is 2.21. The van der Waals surface area contributed by atoms with Crippen LogP contribution < -0.4 is 5.32 Å². The van der Waals surface area contributed by atoms with Crippen LogP contribution in [-0.4, -0.2) is 87.5 Å². The van der Waals surface area contributed by atoms with Gasteiger partial charge in [-0.2, -0.15) is 0 Å². The van der Waals surface area contributed by atoms with Crippen molar-refractivity contribution in [2.45, 2.75) is 326 Å². The number of allylic oxidation sites excluding steroid dienone is 13. The molecule has 9 heteroatoms. The Labute approximate surface area is 473 Å². The van der Waals surface area contributed by atoms with Gasteiger partial charge in [-0.05, 0) is 83.5 Å². The third-order valence-electron chi connectivity index (χ3n) is 14.9. The van der Waals surface area contributed by atoms with Crippen LogP contribution in [0.2, 0.25) is 0 Å². The molecule has 0 aromatic carbocycles. The lowest BCUT2D eigenvalue weighted by atomic mass is 9.99. The molecule has 0 aromatic rings. The third-order valence-corrected chi connectivity index (χ3v) is 14.9. The zero-order chi connectivity index (χ0) is 55.8. The molecule has 0 saturated carbocycles. The smallest absolute Gasteiger partial charge is 0.220 e. The first-order valence-electron chi connectivity index (χ1n) is 32.3. The van der Waals surface area contributed by atoms with Crippen LogP contribution in [-0.2, 0) is 14.3 Å². The lowest BCUT2D eigenvalue weighted by Gasteiger charge is -2.40. The number of ether oxygens (including phenoxy) is 2. The number of rotatable bonds is 55. The minimum absolute atomic E-state index is 0.196. The van der Waals surface area contributed by atoms with Crippen LogP contribution in [0.3, 0.4) is 0 Å². The van der Waals surface area contributed by atoms with Crippen LogP contribution in [0.15, 0.2) is 85.1 Å². The monoisotopic (exact) mass is 1080 g/mol. The average molecular weight is 1080 g/mol. The van der Waals surface area contributed by atoms with Gasteiger partial charge in [0.25, 0.3) is 0 Å². The van der Waals surface area contributed by atoms with Gasteiger partial charge in [-0.1, -0.05) is 279 Å². The first-order chi connectivity index (χ1) is 37.8. The van der Waals surface area contributed by atoms with E-state index in [-0.39, 0.29) is 12.5 Å². The second-order valence-corrected chi connectivity index (χ2v) is 22.2.